The number of aryl methyl sites for hydroxylation is 2. The fourth-order valence-corrected chi connectivity index (χ4v) is 5.35. The molecule has 1 aliphatic rings. The van der Waals surface area contributed by atoms with E-state index in [2.05, 4.69) is 10.6 Å². The maximum absolute atomic E-state index is 13.0. The summed E-state index contributed by atoms with van der Waals surface area (Å²) in [6, 6.07) is -0.551. The first kappa shape index (κ1) is 18.9. The number of imide groups is 1. The molecule has 1 atom stereocenters. The number of carbonyl (C=O) groups is 2. The Morgan fingerprint density at radius 3 is 2.77 bits per heavy atom. The van der Waals surface area contributed by atoms with Crippen LogP contribution in [0.2, 0.25) is 0 Å². The number of aromatic nitrogens is 2. The Bertz CT molecular complexity index is 919. The van der Waals surface area contributed by atoms with Gasteiger partial charge in [0, 0.05) is 18.5 Å². The van der Waals surface area contributed by atoms with Gasteiger partial charge >= 0.3 is 6.03 Å². The molecule has 2 heterocycles. The topological polar surface area (TPSA) is 93.1 Å². The van der Waals surface area contributed by atoms with Crippen molar-refractivity contribution in [1.29, 1.82) is 0 Å². The highest BCUT2D eigenvalue weighted by Crippen LogP contribution is 2.35. The lowest BCUT2D eigenvalue weighted by Crippen LogP contribution is -2.41. The largest absolute Gasteiger partial charge is 0.341 e. The van der Waals surface area contributed by atoms with Crippen molar-refractivity contribution in [3.63, 3.8) is 0 Å². The molecule has 0 radical (unpaired) electrons. The highest BCUT2D eigenvalue weighted by atomic mass is 32.2. The number of hydrogen-bond donors (Lipinski definition) is 2. The fraction of sp³-hybridized carbons (Fsp3) is 0.529. The molecule has 0 unspecified atom stereocenters. The molecule has 2 aromatic rings. The molecule has 26 heavy (non-hydrogen) atoms. The number of urea groups is 1. The molecular formula is C17H22N4O3S2. The van der Waals surface area contributed by atoms with Crippen LogP contribution in [0.15, 0.2) is 9.95 Å². The summed E-state index contributed by atoms with van der Waals surface area (Å²) < 4.78 is 1.62. The molecule has 0 aliphatic heterocycles. The van der Waals surface area contributed by atoms with E-state index in [4.69, 9.17) is 4.98 Å². The van der Waals surface area contributed by atoms with Crippen LogP contribution in [0.4, 0.5) is 4.79 Å². The van der Waals surface area contributed by atoms with E-state index < -0.39 is 17.2 Å². The summed E-state index contributed by atoms with van der Waals surface area (Å²) in [5, 5.41) is 5.32. The standard InChI is InChI=1S/C17H22N4O3S2/c1-4-21-15(23)12-10-7-5-6-8-11(10)26-14(12)20-17(21)25-9(2)13(22)19-16(24)18-3/h9H,4-8H2,1-3H3,(H2,18,19,22,24)/t9-/m0/s1. The van der Waals surface area contributed by atoms with Crippen molar-refractivity contribution in [3.8, 4) is 0 Å². The number of thiophene rings is 1. The molecule has 9 heteroatoms. The Labute approximate surface area is 159 Å². The second kappa shape index (κ2) is 7.79. The number of amides is 3. The van der Waals surface area contributed by atoms with Gasteiger partial charge in [0.25, 0.3) is 5.56 Å². The van der Waals surface area contributed by atoms with Gasteiger partial charge in [-0.1, -0.05) is 11.8 Å². The molecule has 2 N–H and O–H groups in total. The summed E-state index contributed by atoms with van der Waals surface area (Å²) in [7, 11) is 1.45. The lowest BCUT2D eigenvalue weighted by atomic mass is 9.97. The van der Waals surface area contributed by atoms with Crippen LogP contribution in [0.25, 0.3) is 10.2 Å². The number of nitrogens with one attached hydrogen (secondary N) is 2. The zero-order chi connectivity index (χ0) is 18.8. The molecule has 0 saturated carbocycles. The van der Waals surface area contributed by atoms with Crippen LogP contribution >= 0.6 is 23.1 Å². The van der Waals surface area contributed by atoms with E-state index in [9.17, 15) is 14.4 Å². The quantitative estimate of drug-likeness (QED) is 0.613. The molecule has 0 fully saturated rings. The summed E-state index contributed by atoms with van der Waals surface area (Å²) in [5.74, 6) is -0.420. The summed E-state index contributed by atoms with van der Waals surface area (Å²) in [6.07, 6.45) is 4.21. The third-order valence-electron chi connectivity index (χ3n) is 4.47. The normalized spacial score (nSPS) is 14.7. The number of hydrogen-bond acceptors (Lipinski definition) is 6. The number of rotatable bonds is 4. The number of carbonyl (C=O) groups excluding carboxylic acids is 2. The maximum atomic E-state index is 13.0. The van der Waals surface area contributed by atoms with E-state index in [1.54, 1.807) is 22.8 Å². The highest BCUT2D eigenvalue weighted by molar-refractivity contribution is 8.00. The summed E-state index contributed by atoms with van der Waals surface area (Å²) in [5.41, 5.74) is 1.14. The van der Waals surface area contributed by atoms with Crippen LogP contribution in [0, 0.1) is 0 Å². The van der Waals surface area contributed by atoms with Gasteiger partial charge < -0.3 is 5.32 Å². The van der Waals surface area contributed by atoms with Crippen molar-refractivity contribution >= 4 is 45.3 Å². The predicted octanol–water partition coefficient (Wildman–Crippen LogP) is 2.29. The van der Waals surface area contributed by atoms with Crippen molar-refractivity contribution in [2.75, 3.05) is 7.05 Å². The van der Waals surface area contributed by atoms with Crippen molar-refractivity contribution < 1.29 is 9.59 Å². The van der Waals surface area contributed by atoms with Crippen LogP contribution in [0.1, 0.15) is 37.1 Å². The van der Waals surface area contributed by atoms with Crippen molar-refractivity contribution in [3.05, 3.63) is 20.8 Å². The van der Waals surface area contributed by atoms with Gasteiger partial charge in [-0.25, -0.2) is 9.78 Å². The molecular weight excluding hydrogens is 372 g/mol. The van der Waals surface area contributed by atoms with E-state index in [0.717, 1.165) is 41.5 Å². The van der Waals surface area contributed by atoms with Gasteiger partial charge in [0.2, 0.25) is 5.91 Å². The third kappa shape index (κ3) is 3.50. The first-order valence-electron chi connectivity index (χ1n) is 8.70. The van der Waals surface area contributed by atoms with Crippen molar-refractivity contribution in [2.24, 2.45) is 0 Å². The molecule has 1 aliphatic carbocycles. The highest BCUT2D eigenvalue weighted by Gasteiger charge is 2.24. The second-order valence-corrected chi connectivity index (χ2v) is 8.55. The number of thioether (sulfide) groups is 1. The van der Waals surface area contributed by atoms with Crippen LogP contribution in [-0.4, -0.2) is 33.8 Å². The van der Waals surface area contributed by atoms with Gasteiger partial charge in [0.1, 0.15) is 4.83 Å². The second-order valence-electron chi connectivity index (χ2n) is 6.16. The van der Waals surface area contributed by atoms with E-state index in [1.165, 1.54) is 23.7 Å². The first-order chi connectivity index (χ1) is 12.5. The fourth-order valence-electron chi connectivity index (χ4n) is 3.08. The minimum Gasteiger partial charge on any atom is -0.341 e. The Morgan fingerprint density at radius 1 is 1.35 bits per heavy atom. The Hall–Kier alpha value is -1.87. The zero-order valence-electron chi connectivity index (χ0n) is 15.0. The van der Waals surface area contributed by atoms with E-state index in [-0.39, 0.29) is 5.56 Å². The molecule has 0 saturated heterocycles. The monoisotopic (exact) mass is 394 g/mol. The molecule has 0 spiro atoms. The third-order valence-corrected chi connectivity index (χ3v) is 6.75. The van der Waals surface area contributed by atoms with Crippen LogP contribution in [-0.2, 0) is 24.2 Å². The molecule has 2 aromatic heterocycles. The van der Waals surface area contributed by atoms with Gasteiger partial charge in [-0.2, -0.15) is 0 Å². The zero-order valence-corrected chi connectivity index (χ0v) is 16.7. The SMILES string of the molecule is CCn1c(S[C@@H](C)C(=O)NC(=O)NC)nc2sc3c(c2c1=O)CCCC3. The molecule has 7 nitrogen and oxygen atoms in total. The Balaban J connectivity index is 1.97. The minimum absolute atomic E-state index is 0.0293. The first-order valence-corrected chi connectivity index (χ1v) is 10.4. The van der Waals surface area contributed by atoms with Gasteiger partial charge in [0.05, 0.1) is 10.6 Å². The summed E-state index contributed by atoms with van der Waals surface area (Å²) in [6.45, 7) is 4.07. The smallest absolute Gasteiger partial charge is 0.321 e. The van der Waals surface area contributed by atoms with Crippen LogP contribution < -0.4 is 16.2 Å². The van der Waals surface area contributed by atoms with Crippen molar-refractivity contribution in [2.45, 2.75) is 56.5 Å². The van der Waals surface area contributed by atoms with E-state index in [0.29, 0.717) is 11.7 Å². The Morgan fingerprint density at radius 2 is 2.08 bits per heavy atom. The molecule has 3 amide bonds. The van der Waals surface area contributed by atoms with Gasteiger partial charge in [0.15, 0.2) is 5.16 Å². The minimum atomic E-state index is -0.552. The average Bonchev–Trinajstić information content (AvgIpc) is 3.00. The number of nitrogens with zero attached hydrogens (tertiary/aromatic N) is 2. The molecule has 140 valence electrons. The maximum Gasteiger partial charge on any atom is 0.321 e. The van der Waals surface area contributed by atoms with Gasteiger partial charge in [-0.05, 0) is 45.1 Å². The molecule has 0 aromatic carbocycles. The molecule has 0 bridgehead atoms. The van der Waals surface area contributed by atoms with Crippen LogP contribution in [0.3, 0.4) is 0 Å². The van der Waals surface area contributed by atoms with Crippen molar-refractivity contribution in [1.82, 2.24) is 20.2 Å². The Kier molecular flexibility index (Phi) is 5.67. The van der Waals surface area contributed by atoms with Gasteiger partial charge in [-0.3, -0.25) is 19.5 Å². The van der Waals surface area contributed by atoms with Crippen LogP contribution in [0.5, 0.6) is 0 Å². The van der Waals surface area contributed by atoms with E-state index in [1.807, 2.05) is 6.92 Å². The summed E-state index contributed by atoms with van der Waals surface area (Å²) >= 11 is 2.79. The lowest BCUT2D eigenvalue weighted by molar-refractivity contribution is -0.119. The van der Waals surface area contributed by atoms with Gasteiger partial charge in [-0.15, -0.1) is 11.3 Å². The number of fused-ring (bicyclic) bond motifs is 3. The molecule has 3 rings (SSSR count). The average molecular weight is 395 g/mol. The van der Waals surface area contributed by atoms with E-state index >= 15 is 0 Å². The predicted molar refractivity (Wildman–Crippen MR) is 104 cm³/mol. The lowest BCUT2D eigenvalue weighted by Gasteiger charge is -2.14. The summed E-state index contributed by atoms with van der Waals surface area (Å²) in [4.78, 5) is 43.2.